The van der Waals surface area contributed by atoms with Gasteiger partial charge < -0.3 is 9.47 Å². The summed E-state index contributed by atoms with van der Waals surface area (Å²) < 4.78 is 10.1. The van der Waals surface area contributed by atoms with Crippen LogP contribution in [-0.4, -0.2) is 18.8 Å². The predicted octanol–water partition coefficient (Wildman–Crippen LogP) is 2.36. The molecule has 0 aliphatic heterocycles. The van der Waals surface area contributed by atoms with Crippen molar-refractivity contribution in [2.75, 3.05) is 7.11 Å². The van der Waals surface area contributed by atoms with Gasteiger partial charge in [0.15, 0.2) is 0 Å². The fourth-order valence-electron chi connectivity index (χ4n) is 1.44. The maximum Gasteiger partial charge on any atom is 0.422 e. The van der Waals surface area contributed by atoms with E-state index in [1.807, 2.05) is 45.0 Å². The summed E-state index contributed by atoms with van der Waals surface area (Å²) in [5, 5.41) is 0. The van der Waals surface area contributed by atoms with Gasteiger partial charge in [-0.25, -0.2) is 10.2 Å². The molecule has 106 valence electrons. The summed E-state index contributed by atoms with van der Waals surface area (Å²) in [6.07, 6.45) is -0.483. The van der Waals surface area contributed by atoms with Crippen LogP contribution >= 0.6 is 0 Å². The van der Waals surface area contributed by atoms with E-state index >= 15 is 0 Å². The molecule has 1 aromatic carbocycles. The maximum absolute atomic E-state index is 11.4. The van der Waals surface area contributed by atoms with Crippen LogP contribution in [0.3, 0.4) is 0 Å². The summed E-state index contributed by atoms with van der Waals surface area (Å²) in [7, 11) is 1.67. The van der Waals surface area contributed by atoms with E-state index in [2.05, 4.69) is 10.9 Å². The molecule has 2 N–H and O–H groups in total. The number of rotatable bonds is 5. The molecule has 1 amide bonds. The normalized spacial score (nSPS) is 11.2. The monoisotopic (exact) mass is 266 g/mol. The first-order valence-corrected chi connectivity index (χ1v) is 6.19. The summed E-state index contributed by atoms with van der Waals surface area (Å²) >= 11 is 0. The van der Waals surface area contributed by atoms with Crippen molar-refractivity contribution >= 4 is 6.09 Å². The molecule has 0 saturated carbocycles. The quantitative estimate of drug-likeness (QED) is 0.803. The number of carbonyl (C=O) groups excluding carboxylic acids is 1. The lowest BCUT2D eigenvalue weighted by molar-refractivity contribution is 0.0497. The summed E-state index contributed by atoms with van der Waals surface area (Å²) in [5.74, 6) is 0. The lowest BCUT2D eigenvalue weighted by Gasteiger charge is -2.19. The highest BCUT2D eigenvalue weighted by Gasteiger charge is 2.15. The number of nitrogens with one attached hydrogen (secondary N) is 2. The van der Waals surface area contributed by atoms with Gasteiger partial charge in [-0.2, -0.15) is 0 Å². The SMILES string of the molecule is COCc1ccc(CNNC(=O)OC(C)(C)C)cc1. The Kier molecular flexibility index (Phi) is 5.79. The van der Waals surface area contributed by atoms with Crippen LogP contribution in [0.1, 0.15) is 31.9 Å². The largest absolute Gasteiger partial charge is 0.443 e. The number of ether oxygens (including phenoxy) is 2. The molecule has 5 nitrogen and oxygen atoms in total. The minimum atomic E-state index is -0.492. The topological polar surface area (TPSA) is 59.6 Å². The van der Waals surface area contributed by atoms with E-state index in [1.54, 1.807) is 7.11 Å². The van der Waals surface area contributed by atoms with E-state index in [-0.39, 0.29) is 0 Å². The van der Waals surface area contributed by atoms with Gasteiger partial charge in [-0.05, 0) is 31.9 Å². The second-order valence-corrected chi connectivity index (χ2v) is 5.23. The van der Waals surface area contributed by atoms with Crippen molar-refractivity contribution in [2.45, 2.75) is 39.5 Å². The standard InChI is InChI=1S/C14H22N2O3/c1-14(2,3)19-13(17)16-15-9-11-5-7-12(8-6-11)10-18-4/h5-8,15H,9-10H2,1-4H3,(H,16,17). The third-order valence-electron chi connectivity index (χ3n) is 2.22. The lowest BCUT2D eigenvalue weighted by Crippen LogP contribution is -2.40. The highest BCUT2D eigenvalue weighted by molar-refractivity contribution is 5.66. The molecule has 0 spiro atoms. The molecule has 5 heteroatoms. The molecule has 0 aliphatic rings. The minimum absolute atomic E-state index is 0.483. The fourth-order valence-corrected chi connectivity index (χ4v) is 1.44. The van der Waals surface area contributed by atoms with Crippen molar-refractivity contribution < 1.29 is 14.3 Å². The van der Waals surface area contributed by atoms with E-state index in [1.165, 1.54) is 0 Å². The Morgan fingerprint density at radius 3 is 2.26 bits per heavy atom. The Morgan fingerprint density at radius 2 is 1.74 bits per heavy atom. The number of hydrogen-bond donors (Lipinski definition) is 2. The number of carbonyl (C=O) groups is 1. The molecule has 19 heavy (non-hydrogen) atoms. The second-order valence-electron chi connectivity index (χ2n) is 5.23. The van der Waals surface area contributed by atoms with Gasteiger partial charge in [0, 0.05) is 13.7 Å². The van der Waals surface area contributed by atoms with Gasteiger partial charge in [0.2, 0.25) is 0 Å². The van der Waals surface area contributed by atoms with Gasteiger partial charge in [-0.1, -0.05) is 24.3 Å². The first kappa shape index (κ1) is 15.5. The molecule has 0 atom stereocenters. The molecule has 0 bridgehead atoms. The van der Waals surface area contributed by atoms with Gasteiger partial charge >= 0.3 is 6.09 Å². The van der Waals surface area contributed by atoms with Crippen LogP contribution in [0.4, 0.5) is 4.79 Å². The number of hydrogen-bond acceptors (Lipinski definition) is 4. The van der Waals surface area contributed by atoms with E-state index in [0.717, 1.165) is 11.1 Å². The maximum atomic E-state index is 11.4. The van der Waals surface area contributed by atoms with Gasteiger partial charge in [-0.15, -0.1) is 0 Å². The average molecular weight is 266 g/mol. The molecular formula is C14H22N2O3. The van der Waals surface area contributed by atoms with E-state index in [9.17, 15) is 4.79 Å². The Labute approximate surface area is 114 Å². The van der Waals surface area contributed by atoms with Crippen molar-refractivity contribution in [1.29, 1.82) is 0 Å². The van der Waals surface area contributed by atoms with E-state index < -0.39 is 11.7 Å². The number of methoxy groups -OCH3 is 1. The molecule has 1 rings (SSSR count). The van der Waals surface area contributed by atoms with Gasteiger partial charge in [0.25, 0.3) is 0 Å². The van der Waals surface area contributed by atoms with E-state index in [4.69, 9.17) is 9.47 Å². The minimum Gasteiger partial charge on any atom is -0.443 e. The Morgan fingerprint density at radius 1 is 1.16 bits per heavy atom. The molecule has 0 aliphatic carbocycles. The van der Waals surface area contributed by atoms with Crippen molar-refractivity contribution in [3.05, 3.63) is 35.4 Å². The zero-order valence-electron chi connectivity index (χ0n) is 11.9. The Balaban J connectivity index is 2.31. The van der Waals surface area contributed by atoms with Gasteiger partial charge in [0.05, 0.1) is 6.61 Å². The zero-order chi connectivity index (χ0) is 14.3. The highest BCUT2D eigenvalue weighted by atomic mass is 16.6. The Hall–Kier alpha value is -1.59. The third-order valence-corrected chi connectivity index (χ3v) is 2.22. The molecule has 0 fully saturated rings. The van der Waals surface area contributed by atoms with Crippen LogP contribution in [0.15, 0.2) is 24.3 Å². The van der Waals surface area contributed by atoms with E-state index in [0.29, 0.717) is 13.2 Å². The predicted molar refractivity (Wildman–Crippen MR) is 73.4 cm³/mol. The summed E-state index contributed by atoms with van der Waals surface area (Å²) in [6, 6.07) is 7.96. The van der Waals surface area contributed by atoms with Gasteiger partial charge in [-0.3, -0.25) is 5.43 Å². The molecular weight excluding hydrogens is 244 g/mol. The molecule has 0 radical (unpaired) electrons. The molecule has 1 aromatic rings. The van der Waals surface area contributed by atoms with Crippen LogP contribution in [0.2, 0.25) is 0 Å². The first-order chi connectivity index (χ1) is 8.90. The second kappa shape index (κ2) is 7.11. The molecule has 0 heterocycles. The Bertz CT molecular complexity index is 396. The van der Waals surface area contributed by atoms with Crippen molar-refractivity contribution in [3.8, 4) is 0 Å². The first-order valence-electron chi connectivity index (χ1n) is 6.19. The zero-order valence-corrected chi connectivity index (χ0v) is 11.9. The van der Waals surface area contributed by atoms with Gasteiger partial charge in [0.1, 0.15) is 5.60 Å². The number of hydrazine groups is 1. The van der Waals surface area contributed by atoms with Crippen LogP contribution in [-0.2, 0) is 22.6 Å². The van der Waals surface area contributed by atoms with Crippen molar-refractivity contribution in [2.24, 2.45) is 0 Å². The molecule has 0 unspecified atom stereocenters. The molecule has 0 aromatic heterocycles. The summed E-state index contributed by atoms with van der Waals surface area (Å²) in [6.45, 7) is 6.60. The number of benzene rings is 1. The summed E-state index contributed by atoms with van der Waals surface area (Å²) in [5.41, 5.74) is 7.00. The lowest BCUT2D eigenvalue weighted by atomic mass is 10.1. The van der Waals surface area contributed by atoms with Crippen LogP contribution in [0.5, 0.6) is 0 Å². The van der Waals surface area contributed by atoms with Crippen molar-refractivity contribution in [3.63, 3.8) is 0 Å². The average Bonchev–Trinajstić information content (AvgIpc) is 2.29. The van der Waals surface area contributed by atoms with Crippen LogP contribution in [0, 0.1) is 0 Å². The van der Waals surface area contributed by atoms with Crippen LogP contribution in [0.25, 0.3) is 0 Å². The fraction of sp³-hybridized carbons (Fsp3) is 0.500. The molecule has 0 saturated heterocycles. The third kappa shape index (κ3) is 6.79. The van der Waals surface area contributed by atoms with Crippen molar-refractivity contribution in [1.82, 2.24) is 10.9 Å². The smallest absolute Gasteiger partial charge is 0.422 e. The number of amides is 1. The summed E-state index contributed by atoms with van der Waals surface area (Å²) in [4.78, 5) is 11.4. The van der Waals surface area contributed by atoms with Crippen LogP contribution < -0.4 is 10.9 Å². The highest BCUT2D eigenvalue weighted by Crippen LogP contribution is 2.06.